The minimum Gasteiger partial charge on any atom is -0.632 e. The van der Waals surface area contributed by atoms with Crippen molar-refractivity contribution in [2.24, 2.45) is 17.8 Å². The summed E-state index contributed by atoms with van der Waals surface area (Å²) in [6, 6.07) is -0.878. The van der Waals surface area contributed by atoms with E-state index in [0.717, 1.165) is 50.5 Å². The lowest BCUT2D eigenvalue weighted by molar-refractivity contribution is -0.913. The summed E-state index contributed by atoms with van der Waals surface area (Å²) in [4.78, 5) is 40.5. The average molecular weight is 706 g/mol. The molecule has 1 saturated carbocycles. The number of carbonyl (C=O) groups is 3. The Balaban J connectivity index is 1.89. The highest BCUT2D eigenvalue weighted by atomic mass is 16.6. The first-order valence-electron chi connectivity index (χ1n) is 18.7. The summed E-state index contributed by atoms with van der Waals surface area (Å²) >= 11 is 0. The summed E-state index contributed by atoms with van der Waals surface area (Å²) in [6.45, 7) is 10.4. The molecular weight excluding hydrogens is 642 g/mol. The molecule has 2 heterocycles. The van der Waals surface area contributed by atoms with Gasteiger partial charge in [0.2, 0.25) is 0 Å². The van der Waals surface area contributed by atoms with Gasteiger partial charge in [0, 0.05) is 31.3 Å². The number of amides is 2. The number of piperazine rings is 1. The highest BCUT2D eigenvalue weighted by Gasteiger charge is 2.48. The molecule has 3 aliphatic rings. The lowest BCUT2D eigenvalue weighted by Crippen LogP contribution is -2.68. The van der Waals surface area contributed by atoms with Gasteiger partial charge in [-0.1, -0.05) is 64.0 Å². The molecule has 0 spiro atoms. The van der Waals surface area contributed by atoms with Gasteiger partial charge in [-0.25, -0.2) is 9.59 Å². The highest BCUT2D eigenvalue weighted by Crippen LogP contribution is 2.38. The number of cyclic esters (lactones) is 1. The van der Waals surface area contributed by atoms with Crippen LogP contribution in [0.5, 0.6) is 0 Å². The number of allylic oxidation sites excluding steroid dienone is 2. The van der Waals surface area contributed by atoms with Gasteiger partial charge < -0.3 is 39.5 Å². The first-order valence-corrected chi connectivity index (χ1v) is 18.7. The normalized spacial score (nSPS) is 33.8. The third kappa shape index (κ3) is 11.8. The number of hydrogen-bond donors (Lipinski definition) is 3. The Morgan fingerprint density at radius 3 is 2.54 bits per heavy atom. The number of aliphatic hydroxyl groups is 2. The van der Waals surface area contributed by atoms with Crippen LogP contribution in [-0.4, -0.2) is 118 Å². The maximum Gasteiger partial charge on any atom is 0.409 e. The molecule has 0 bridgehead atoms. The van der Waals surface area contributed by atoms with Gasteiger partial charge in [0.1, 0.15) is 12.6 Å². The van der Waals surface area contributed by atoms with Crippen molar-refractivity contribution >= 4 is 18.2 Å². The molecule has 1 saturated heterocycles. The van der Waals surface area contributed by atoms with Crippen molar-refractivity contribution in [2.75, 3.05) is 39.8 Å². The van der Waals surface area contributed by atoms with Crippen molar-refractivity contribution in [2.45, 2.75) is 129 Å². The van der Waals surface area contributed by atoms with Crippen LogP contribution in [0.25, 0.3) is 0 Å². The summed E-state index contributed by atoms with van der Waals surface area (Å²) in [5.41, 5.74) is -0.736. The zero-order valence-corrected chi connectivity index (χ0v) is 31.2. The molecule has 3 N–H and O–H groups in total. The van der Waals surface area contributed by atoms with Gasteiger partial charge in [0.25, 0.3) is 0 Å². The summed E-state index contributed by atoms with van der Waals surface area (Å²) in [5.74, 6) is -1.76. The van der Waals surface area contributed by atoms with Gasteiger partial charge in [-0.2, -0.15) is 0 Å². The number of carbonyl (C=O) groups excluding carboxylic acids is 2. The second-order valence-corrected chi connectivity index (χ2v) is 15.3. The van der Waals surface area contributed by atoms with Gasteiger partial charge in [0.15, 0.2) is 0 Å². The Morgan fingerprint density at radius 2 is 1.90 bits per heavy atom. The van der Waals surface area contributed by atoms with Crippen LogP contribution in [0.2, 0.25) is 0 Å². The van der Waals surface area contributed by atoms with Crippen molar-refractivity contribution < 1.29 is 43.8 Å². The number of nitrogens with zero attached hydrogens (tertiary/aromatic N) is 3. The van der Waals surface area contributed by atoms with Gasteiger partial charge in [-0.15, -0.1) is 0 Å². The van der Waals surface area contributed by atoms with E-state index in [9.17, 15) is 34.9 Å². The van der Waals surface area contributed by atoms with E-state index in [1.54, 1.807) is 20.0 Å². The molecule has 0 aromatic rings. The number of quaternary nitrogens is 1. The molecule has 8 atom stereocenters. The second-order valence-electron chi connectivity index (χ2n) is 15.3. The van der Waals surface area contributed by atoms with E-state index in [1.807, 2.05) is 52.0 Å². The third-order valence-corrected chi connectivity index (χ3v) is 10.8. The largest absolute Gasteiger partial charge is 0.632 e. The fourth-order valence-electron chi connectivity index (χ4n) is 7.71. The predicted molar refractivity (Wildman–Crippen MR) is 192 cm³/mol. The molecule has 12 nitrogen and oxygen atoms in total. The van der Waals surface area contributed by atoms with Crippen molar-refractivity contribution in [1.29, 1.82) is 0 Å². The molecule has 2 aliphatic heterocycles. The van der Waals surface area contributed by atoms with Crippen LogP contribution in [0.15, 0.2) is 36.0 Å². The van der Waals surface area contributed by atoms with E-state index in [2.05, 4.69) is 0 Å². The number of hydrogen-bond acceptors (Lipinski definition) is 8. The molecule has 0 aromatic carbocycles. The number of rotatable bonds is 9. The molecule has 2 unspecified atom stereocenters. The van der Waals surface area contributed by atoms with Crippen LogP contribution in [0.1, 0.15) is 98.8 Å². The van der Waals surface area contributed by atoms with E-state index in [1.165, 1.54) is 9.80 Å². The zero-order valence-electron chi connectivity index (χ0n) is 31.2. The molecule has 284 valence electrons. The molecular formula is C38H63N3O9. The summed E-state index contributed by atoms with van der Waals surface area (Å²) in [6.07, 6.45) is 12.5. The topological polar surface area (TPSA) is 160 Å². The van der Waals surface area contributed by atoms with E-state index in [4.69, 9.17) is 9.47 Å². The molecule has 3 rings (SSSR count). The van der Waals surface area contributed by atoms with Crippen LogP contribution in [-0.2, 0) is 14.3 Å². The Bertz CT molecular complexity index is 1210. The van der Waals surface area contributed by atoms with E-state index < -0.39 is 46.5 Å². The Morgan fingerprint density at radius 1 is 1.22 bits per heavy atom. The molecule has 1 aliphatic carbocycles. The predicted octanol–water partition coefficient (Wildman–Crippen LogP) is 6.02. The minimum atomic E-state index is -1.47. The smallest absolute Gasteiger partial charge is 0.409 e. The SMILES string of the molecule is CCCN(C)C(=O)OC[C@@H](C)/C=C/C=C(\C)[C@H]1OC(=O)C[C@@H](O)CC[C@](C)(O)[C@H](C2C[N+]([O-])(C3CCCCCC3)CCN2C(=O)O)/C=C/[C@@H]1C. The summed E-state index contributed by atoms with van der Waals surface area (Å²) in [5, 5.41) is 47.6. The Labute approximate surface area is 298 Å². The van der Waals surface area contributed by atoms with Crippen molar-refractivity contribution in [3.8, 4) is 0 Å². The number of hydroxylamine groups is 3. The fourth-order valence-corrected chi connectivity index (χ4v) is 7.71. The summed E-state index contributed by atoms with van der Waals surface area (Å²) < 4.78 is 10.9. The van der Waals surface area contributed by atoms with Crippen LogP contribution < -0.4 is 0 Å². The quantitative estimate of drug-likeness (QED) is 0.0651. The molecule has 0 radical (unpaired) electrons. The standard InChI is InChI=1S/C38H63N3O9/c1-7-21-39(6)37(46)49-26-27(2)13-12-14-28(3)35-29(4)17-18-32(38(5,47)20-19-31(42)24-34(43)50-35)33-25-41(48,23-22-40(33)36(44)45)30-15-10-8-9-11-16-30/h12-14,17-18,27,29-33,35,42,47H,7-11,15-16,19-26H2,1-6H3,(H,44,45)/b13-12+,18-17+,28-14+/t27-,29-,31-,32-,33?,35+,38-,41?/m0/s1. The highest BCUT2D eigenvalue weighted by molar-refractivity contribution is 5.70. The van der Waals surface area contributed by atoms with Crippen molar-refractivity contribution in [3.05, 3.63) is 41.2 Å². The summed E-state index contributed by atoms with van der Waals surface area (Å²) in [7, 11) is 1.70. The first-order chi connectivity index (χ1) is 23.6. The van der Waals surface area contributed by atoms with Crippen LogP contribution in [0, 0.1) is 23.0 Å². The van der Waals surface area contributed by atoms with Gasteiger partial charge in [-0.3, -0.25) is 9.69 Å². The lowest BCUT2D eigenvalue weighted by atomic mass is 9.76. The minimum absolute atomic E-state index is 0.0452. The first kappa shape index (κ1) is 41.5. The Kier molecular flexibility index (Phi) is 15.8. The van der Waals surface area contributed by atoms with E-state index in [-0.39, 0.29) is 69.5 Å². The lowest BCUT2D eigenvalue weighted by Gasteiger charge is -2.57. The number of ether oxygens (including phenoxy) is 2. The zero-order chi connectivity index (χ0) is 37.1. The molecule has 2 fully saturated rings. The van der Waals surface area contributed by atoms with Crippen LogP contribution in [0.3, 0.4) is 0 Å². The molecule has 12 heteroatoms. The van der Waals surface area contributed by atoms with E-state index >= 15 is 0 Å². The van der Waals surface area contributed by atoms with Gasteiger partial charge in [0.05, 0.1) is 49.9 Å². The van der Waals surface area contributed by atoms with Crippen molar-refractivity contribution in [3.63, 3.8) is 0 Å². The number of esters is 1. The average Bonchev–Trinajstić information content (AvgIpc) is 3.35. The third-order valence-electron chi connectivity index (χ3n) is 10.8. The maximum absolute atomic E-state index is 14.5. The number of aliphatic hydroxyl groups excluding tert-OH is 1. The second kappa shape index (κ2) is 19.1. The van der Waals surface area contributed by atoms with E-state index in [0.29, 0.717) is 6.54 Å². The fraction of sp³-hybridized carbons (Fsp3) is 0.763. The molecule has 2 amide bonds. The molecule has 50 heavy (non-hydrogen) atoms. The van der Waals surface area contributed by atoms with Gasteiger partial charge in [-0.05, 0) is 64.4 Å². The number of carboxylic acid groups (broad SMARTS) is 1. The van der Waals surface area contributed by atoms with Crippen LogP contribution >= 0.6 is 0 Å². The Hall–Kier alpha value is -2.93. The van der Waals surface area contributed by atoms with Gasteiger partial charge >= 0.3 is 18.2 Å². The monoisotopic (exact) mass is 705 g/mol. The van der Waals surface area contributed by atoms with Crippen molar-refractivity contribution in [1.82, 2.24) is 9.80 Å². The maximum atomic E-state index is 14.5. The molecule has 0 aromatic heterocycles. The van der Waals surface area contributed by atoms with Crippen LogP contribution in [0.4, 0.5) is 9.59 Å².